The van der Waals surface area contributed by atoms with Gasteiger partial charge in [0.1, 0.15) is 5.82 Å². The molecule has 1 heterocycles. The number of hydrogen-bond acceptors (Lipinski definition) is 3. The third-order valence-electron chi connectivity index (χ3n) is 2.89. The Hall–Kier alpha value is -1.30. The molecule has 0 bridgehead atoms. The summed E-state index contributed by atoms with van der Waals surface area (Å²) < 4.78 is 36.8. The van der Waals surface area contributed by atoms with Crippen LogP contribution in [0.25, 0.3) is 0 Å². The van der Waals surface area contributed by atoms with Crippen LogP contribution in [0.2, 0.25) is 0 Å². The Morgan fingerprint density at radius 3 is 2.68 bits per heavy atom. The summed E-state index contributed by atoms with van der Waals surface area (Å²) in [4.78, 5) is 5.75. The Morgan fingerprint density at radius 2 is 2.11 bits per heavy atom. The van der Waals surface area contributed by atoms with E-state index in [9.17, 15) is 13.2 Å². The molecule has 0 saturated carbocycles. The van der Waals surface area contributed by atoms with E-state index in [1.165, 1.54) is 0 Å². The minimum absolute atomic E-state index is 0.0574. The van der Waals surface area contributed by atoms with Gasteiger partial charge < -0.3 is 10.2 Å². The van der Waals surface area contributed by atoms with Crippen molar-refractivity contribution < 1.29 is 13.2 Å². The maximum Gasteiger partial charge on any atom is 0.390 e. The molecule has 0 saturated heterocycles. The molecule has 1 unspecified atom stereocenters. The minimum Gasteiger partial charge on any atom is -0.359 e. The van der Waals surface area contributed by atoms with Gasteiger partial charge >= 0.3 is 6.18 Å². The molecule has 0 aliphatic carbocycles. The summed E-state index contributed by atoms with van der Waals surface area (Å²) in [5, 5.41) is 3.24. The zero-order valence-corrected chi connectivity index (χ0v) is 11.5. The third kappa shape index (κ3) is 5.06. The molecule has 0 aromatic carbocycles. The van der Waals surface area contributed by atoms with Crippen molar-refractivity contribution in [3.05, 3.63) is 23.9 Å². The highest BCUT2D eigenvalue weighted by Crippen LogP contribution is 2.25. The van der Waals surface area contributed by atoms with Gasteiger partial charge in [-0.15, -0.1) is 0 Å². The predicted molar refractivity (Wildman–Crippen MR) is 70.3 cm³/mol. The summed E-state index contributed by atoms with van der Waals surface area (Å²) in [6.07, 6.45) is -3.38. The number of rotatable bonds is 6. The molecule has 1 aromatic heterocycles. The lowest BCUT2D eigenvalue weighted by Gasteiger charge is -2.24. The topological polar surface area (TPSA) is 28.2 Å². The third-order valence-corrected chi connectivity index (χ3v) is 2.89. The quantitative estimate of drug-likeness (QED) is 0.864. The van der Waals surface area contributed by atoms with Crippen molar-refractivity contribution in [2.45, 2.75) is 32.5 Å². The van der Waals surface area contributed by atoms with Crippen molar-refractivity contribution in [1.29, 1.82) is 0 Å². The number of nitrogens with one attached hydrogen (secondary N) is 1. The molecular formula is C13H20F3N3. The fraction of sp³-hybridized carbons (Fsp3) is 0.615. The summed E-state index contributed by atoms with van der Waals surface area (Å²) in [6.45, 7) is 4.66. The molecule has 1 N–H and O–H groups in total. The van der Waals surface area contributed by atoms with E-state index in [2.05, 4.69) is 10.3 Å². The van der Waals surface area contributed by atoms with Crippen LogP contribution in [0.3, 0.4) is 0 Å². The lowest BCUT2D eigenvalue weighted by molar-refractivity contribution is -0.132. The summed E-state index contributed by atoms with van der Waals surface area (Å²) in [5.41, 5.74) is 0.911. The van der Waals surface area contributed by atoms with E-state index in [0.29, 0.717) is 5.82 Å². The average Bonchev–Trinajstić information content (AvgIpc) is 2.35. The van der Waals surface area contributed by atoms with Crippen LogP contribution < -0.4 is 10.2 Å². The van der Waals surface area contributed by atoms with E-state index in [-0.39, 0.29) is 12.6 Å². The molecule has 0 amide bonds. The molecule has 1 aromatic rings. The fourth-order valence-corrected chi connectivity index (χ4v) is 1.88. The van der Waals surface area contributed by atoms with Gasteiger partial charge in [0.15, 0.2) is 0 Å². The first-order chi connectivity index (χ1) is 8.85. The van der Waals surface area contributed by atoms with Gasteiger partial charge in [0.25, 0.3) is 0 Å². The maximum absolute atomic E-state index is 12.3. The SMILES string of the molecule is CCNC(C)c1cccnc1N(C)CCC(F)(F)F. The standard InChI is InChI=1S/C13H20F3N3/c1-4-17-10(2)11-6-5-8-18-12(11)19(3)9-7-13(14,15)16/h5-6,8,10,17H,4,7,9H2,1-3H3. The Morgan fingerprint density at radius 1 is 1.42 bits per heavy atom. The van der Waals surface area contributed by atoms with Crippen LogP contribution in [0.1, 0.15) is 31.9 Å². The Balaban J connectivity index is 2.81. The molecule has 0 aliphatic heterocycles. The van der Waals surface area contributed by atoms with Crippen molar-refractivity contribution in [3.8, 4) is 0 Å². The molecule has 0 fully saturated rings. The first kappa shape index (κ1) is 15.8. The number of halogens is 3. The van der Waals surface area contributed by atoms with Gasteiger partial charge in [0.05, 0.1) is 6.42 Å². The van der Waals surface area contributed by atoms with E-state index in [4.69, 9.17) is 0 Å². The smallest absolute Gasteiger partial charge is 0.359 e. The molecule has 1 atom stereocenters. The van der Waals surface area contributed by atoms with Gasteiger partial charge in [-0.2, -0.15) is 13.2 Å². The predicted octanol–water partition coefficient (Wildman–Crippen LogP) is 3.14. The lowest BCUT2D eigenvalue weighted by Crippen LogP contribution is -2.27. The second-order valence-corrected chi connectivity index (χ2v) is 4.48. The first-order valence-corrected chi connectivity index (χ1v) is 6.31. The number of aromatic nitrogens is 1. The zero-order valence-electron chi connectivity index (χ0n) is 11.5. The molecule has 0 spiro atoms. The molecule has 0 aliphatic rings. The van der Waals surface area contributed by atoms with Crippen LogP contribution in [0.15, 0.2) is 18.3 Å². The van der Waals surface area contributed by atoms with Gasteiger partial charge in [0, 0.05) is 31.4 Å². The number of anilines is 1. The van der Waals surface area contributed by atoms with Crippen molar-refractivity contribution in [2.24, 2.45) is 0 Å². The van der Waals surface area contributed by atoms with Crippen molar-refractivity contribution in [3.63, 3.8) is 0 Å². The summed E-state index contributed by atoms with van der Waals surface area (Å²) in [5.74, 6) is 0.597. The Bertz CT molecular complexity index is 393. The molecule has 0 radical (unpaired) electrons. The van der Waals surface area contributed by atoms with Gasteiger partial charge in [-0.05, 0) is 19.5 Å². The second-order valence-electron chi connectivity index (χ2n) is 4.48. The molecular weight excluding hydrogens is 255 g/mol. The van der Waals surface area contributed by atoms with Crippen LogP contribution in [-0.4, -0.2) is 31.3 Å². The van der Waals surface area contributed by atoms with Gasteiger partial charge in [-0.25, -0.2) is 4.98 Å². The second kappa shape index (κ2) is 6.75. The van der Waals surface area contributed by atoms with Crippen LogP contribution in [0, 0.1) is 0 Å². The highest BCUT2D eigenvalue weighted by Gasteiger charge is 2.27. The van der Waals surface area contributed by atoms with E-state index in [1.54, 1.807) is 24.2 Å². The van der Waals surface area contributed by atoms with E-state index in [1.807, 2.05) is 19.9 Å². The molecule has 3 nitrogen and oxygen atoms in total. The van der Waals surface area contributed by atoms with E-state index < -0.39 is 12.6 Å². The van der Waals surface area contributed by atoms with Crippen molar-refractivity contribution in [2.75, 3.05) is 25.0 Å². The molecule has 19 heavy (non-hydrogen) atoms. The van der Waals surface area contributed by atoms with Crippen LogP contribution in [0.4, 0.5) is 19.0 Å². The molecule has 6 heteroatoms. The zero-order chi connectivity index (χ0) is 14.5. The van der Waals surface area contributed by atoms with Gasteiger partial charge in [-0.1, -0.05) is 13.0 Å². The van der Waals surface area contributed by atoms with E-state index in [0.717, 1.165) is 12.1 Å². The Labute approximate surface area is 111 Å². The summed E-state index contributed by atoms with van der Waals surface area (Å²) in [7, 11) is 1.64. The number of pyridine rings is 1. The van der Waals surface area contributed by atoms with Gasteiger partial charge in [0.2, 0.25) is 0 Å². The Kier molecular flexibility index (Phi) is 5.60. The number of hydrogen-bond donors (Lipinski definition) is 1. The summed E-state index contributed by atoms with van der Waals surface area (Å²) >= 11 is 0. The summed E-state index contributed by atoms with van der Waals surface area (Å²) in [6, 6.07) is 3.74. The monoisotopic (exact) mass is 275 g/mol. The van der Waals surface area contributed by atoms with Gasteiger partial charge in [-0.3, -0.25) is 0 Å². The molecule has 108 valence electrons. The normalized spacial score (nSPS) is 13.4. The fourth-order valence-electron chi connectivity index (χ4n) is 1.88. The van der Waals surface area contributed by atoms with Crippen molar-refractivity contribution >= 4 is 5.82 Å². The lowest BCUT2D eigenvalue weighted by atomic mass is 10.1. The number of nitrogens with zero attached hydrogens (tertiary/aromatic N) is 2. The van der Waals surface area contributed by atoms with E-state index >= 15 is 0 Å². The first-order valence-electron chi connectivity index (χ1n) is 6.31. The molecule has 1 rings (SSSR count). The minimum atomic E-state index is -4.14. The van der Waals surface area contributed by atoms with Crippen molar-refractivity contribution in [1.82, 2.24) is 10.3 Å². The van der Waals surface area contributed by atoms with Crippen LogP contribution >= 0.6 is 0 Å². The maximum atomic E-state index is 12.3. The highest BCUT2D eigenvalue weighted by atomic mass is 19.4. The van der Waals surface area contributed by atoms with Crippen LogP contribution in [0.5, 0.6) is 0 Å². The largest absolute Gasteiger partial charge is 0.390 e. The average molecular weight is 275 g/mol. The number of alkyl halides is 3. The highest BCUT2D eigenvalue weighted by molar-refractivity contribution is 5.47. The van der Waals surface area contributed by atoms with Crippen LogP contribution in [-0.2, 0) is 0 Å².